The van der Waals surface area contributed by atoms with Gasteiger partial charge >= 0.3 is 0 Å². The summed E-state index contributed by atoms with van der Waals surface area (Å²) in [7, 11) is 0. The fraction of sp³-hybridized carbons (Fsp3) is 0.385. The van der Waals surface area contributed by atoms with Gasteiger partial charge in [-0.2, -0.15) is 0 Å². The lowest BCUT2D eigenvalue weighted by Gasteiger charge is -2.17. The number of primary amides is 1. The minimum absolute atomic E-state index is 0.0460. The summed E-state index contributed by atoms with van der Waals surface area (Å²) >= 11 is 0. The topological polar surface area (TPSA) is 98.2 Å². The highest BCUT2D eigenvalue weighted by atomic mass is 16.2. The van der Waals surface area contributed by atoms with E-state index in [1.54, 1.807) is 25.1 Å². The third-order valence-electron chi connectivity index (χ3n) is 2.88. The lowest BCUT2D eigenvalue weighted by molar-refractivity contribution is -0.118. The molecule has 0 bridgehead atoms. The fourth-order valence-electron chi connectivity index (χ4n) is 1.56. The van der Waals surface area contributed by atoms with Gasteiger partial charge in [0.25, 0.3) is 0 Å². The molecule has 0 saturated heterocycles. The number of nitrogens with one attached hydrogen (secondary N) is 1. The van der Waals surface area contributed by atoms with E-state index < -0.39 is 11.9 Å². The highest BCUT2D eigenvalue weighted by Crippen LogP contribution is 2.19. The summed E-state index contributed by atoms with van der Waals surface area (Å²) in [6.45, 7) is 5.48. The molecule has 5 N–H and O–H groups in total. The van der Waals surface area contributed by atoms with E-state index in [9.17, 15) is 9.59 Å². The van der Waals surface area contributed by atoms with Crippen molar-refractivity contribution in [3.05, 3.63) is 29.3 Å². The molecule has 2 amide bonds. The number of hydrogen-bond acceptors (Lipinski definition) is 3. The summed E-state index contributed by atoms with van der Waals surface area (Å²) in [5, 5.41) is 2.71. The van der Waals surface area contributed by atoms with E-state index in [0.29, 0.717) is 16.8 Å². The Balaban J connectivity index is 2.96. The van der Waals surface area contributed by atoms with Crippen LogP contribution in [-0.2, 0) is 4.79 Å². The first-order valence-electron chi connectivity index (χ1n) is 5.80. The molecule has 0 fully saturated rings. The van der Waals surface area contributed by atoms with Gasteiger partial charge in [-0.1, -0.05) is 19.9 Å². The van der Waals surface area contributed by atoms with E-state index in [-0.39, 0.29) is 11.8 Å². The molecule has 1 atom stereocenters. The molecule has 1 aromatic carbocycles. The second-order valence-corrected chi connectivity index (χ2v) is 4.60. The Hall–Kier alpha value is -1.88. The van der Waals surface area contributed by atoms with Crippen LogP contribution < -0.4 is 16.8 Å². The van der Waals surface area contributed by atoms with Crippen LogP contribution in [0, 0.1) is 12.8 Å². The second-order valence-electron chi connectivity index (χ2n) is 4.60. The van der Waals surface area contributed by atoms with Crippen LogP contribution >= 0.6 is 0 Å². The summed E-state index contributed by atoms with van der Waals surface area (Å²) in [4.78, 5) is 23.0. The first kappa shape index (κ1) is 14.2. The SMILES string of the molecule is Cc1c(NC(=O)[C@@H](N)C(C)C)cccc1C(N)=O. The lowest BCUT2D eigenvalue weighted by atomic mass is 10.0. The number of hydrogen-bond donors (Lipinski definition) is 3. The summed E-state index contributed by atoms with van der Waals surface area (Å²) < 4.78 is 0. The summed E-state index contributed by atoms with van der Waals surface area (Å²) in [5.74, 6) is -0.740. The maximum Gasteiger partial charge on any atom is 0.249 e. The molecule has 98 valence electrons. The Bertz CT molecular complexity index is 469. The molecule has 5 nitrogen and oxygen atoms in total. The van der Waals surface area contributed by atoms with Crippen molar-refractivity contribution in [2.24, 2.45) is 17.4 Å². The first-order chi connectivity index (χ1) is 8.34. The van der Waals surface area contributed by atoms with Crippen LogP contribution in [-0.4, -0.2) is 17.9 Å². The van der Waals surface area contributed by atoms with Crippen molar-refractivity contribution >= 4 is 17.5 Å². The summed E-state index contributed by atoms with van der Waals surface area (Å²) in [5.41, 5.74) is 12.6. The maximum absolute atomic E-state index is 11.8. The Labute approximate surface area is 107 Å². The smallest absolute Gasteiger partial charge is 0.249 e. The number of benzene rings is 1. The molecule has 0 saturated carbocycles. The molecule has 1 rings (SSSR count). The number of anilines is 1. The number of rotatable bonds is 4. The van der Waals surface area contributed by atoms with Gasteiger partial charge in [-0.25, -0.2) is 0 Å². The van der Waals surface area contributed by atoms with Crippen molar-refractivity contribution in [1.29, 1.82) is 0 Å². The number of amides is 2. The molecule has 0 radical (unpaired) electrons. The molecule has 1 aromatic rings. The van der Waals surface area contributed by atoms with E-state index in [1.165, 1.54) is 0 Å². The summed E-state index contributed by atoms with van der Waals surface area (Å²) in [6, 6.07) is 4.42. The fourth-order valence-corrected chi connectivity index (χ4v) is 1.56. The highest BCUT2D eigenvalue weighted by molar-refractivity contribution is 5.99. The van der Waals surface area contributed by atoms with Gasteiger partial charge in [-0.05, 0) is 30.5 Å². The third-order valence-corrected chi connectivity index (χ3v) is 2.88. The van der Waals surface area contributed by atoms with Gasteiger partial charge in [-0.15, -0.1) is 0 Å². The molecule has 0 unspecified atom stereocenters. The van der Waals surface area contributed by atoms with Crippen molar-refractivity contribution in [2.75, 3.05) is 5.32 Å². The van der Waals surface area contributed by atoms with Crippen LogP contribution in [0.25, 0.3) is 0 Å². The Morgan fingerprint density at radius 1 is 1.28 bits per heavy atom. The predicted molar refractivity (Wildman–Crippen MR) is 71.1 cm³/mol. The third kappa shape index (κ3) is 3.07. The Morgan fingerprint density at radius 2 is 1.89 bits per heavy atom. The van der Waals surface area contributed by atoms with Crippen LogP contribution in [0.4, 0.5) is 5.69 Å². The Kier molecular flexibility index (Phi) is 4.44. The minimum atomic E-state index is -0.582. The molecular formula is C13H19N3O2. The molecule has 0 spiro atoms. The second kappa shape index (κ2) is 5.64. The van der Waals surface area contributed by atoms with Crippen molar-refractivity contribution in [1.82, 2.24) is 0 Å². The molecule has 0 aliphatic heterocycles. The van der Waals surface area contributed by atoms with Crippen molar-refractivity contribution in [3.63, 3.8) is 0 Å². The zero-order valence-electron chi connectivity index (χ0n) is 10.9. The van der Waals surface area contributed by atoms with E-state index in [1.807, 2.05) is 13.8 Å². The van der Waals surface area contributed by atoms with Crippen LogP contribution in [0.3, 0.4) is 0 Å². The molecule has 0 aliphatic carbocycles. The monoisotopic (exact) mass is 249 g/mol. The molecular weight excluding hydrogens is 230 g/mol. The predicted octanol–water partition coefficient (Wildman–Crippen LogP) is 1.02. The number of nitrogens with two attached hydrogens (primary N) is 2. The van der Waals surface area contributed by atoms with Crippen molar-refractivity contribution < 1.29 is 9.59 Å². The van der Waals surface area contributed by atoms with Gasteiger partial charge in [0.1, 0.15) is 0 Å². The standard InChI is InChI=1S/C13H19N3O2/c1-7(2)11(14)13(18)16-10-6-4-5-9(8(10)3)12(15)17/h4-7,11H,14H2,1-3H3,(H2,15,17)(H,16,18)/t11-/m0/s1. The maximum atomic E-state index is 11.8. The molecule has 0 aliphatic rings. The zero-order valence-corrected chi connectivity index (χ0v) is 10.9. The van der Waals surface area contributed by atoms with Gasteiger partial charge in [0.15, 0.2) is 0 Å². The quantitative estimate of drug-likeness (QED) is 0.742. The largest absolute Gasteiger partial charge is 0.366 e. The van der Waals surface area contributed by atoms with Gasteiger partial charge in [0.2, 0.25) is 11.8 Å². The van der Waals surface area contributed by atoms with Crippen molar-refractivity contribution in [2.45, 2.75) is 26.8 Å². The van der Waals surface area contributed by atoms with Gasteiger partial charge < -0.3 is 16.8 Å². The zero-order chi connectivity index (χ0) is 13.9. The minimum Gasteiger partial charge on any atom is -0.366 e. The van der Waals surface area contributed by atoms with Crippen molar-refractivity contribution in [3.8, 4) is 0 Å². The normalized spacial score (nSPS) is 12.3. The summed E-state index contributed by atoms with van der Waals surface area (Å²) in [6.07, 6.45) is 0. The average molecular weight is 249 g/mol. The molecule has 18 heavy (non-hydrogen) atoms. The van der Waals surface area contributed by atoms with E-state index >= 15 is 0 Å². The van der Waals surface area contributed by atoms with Crippen LogP contribution in [0.1, 0.15) is 29.8 Å². The molecule has 0 heterocycles. The number of carbonyl (C=O) groups is 2. The highest BCUT2D eigenvalue weighted by Gasteiger charge is 2.18. The van der Waals surface area contributed by atoms with Gasteiger partial charge in [0.05, 0.1) is 6.04 Å². The molecule has 5 heteroatoms. The number of carbonyl (C=O) groups excluding carboxylic acids is 2. The molecule has 0 aromatic heterocycles. The van der Waals surface area contributed by atoms with Crippen LogP contribution in [0.5, 0.6) is 0 Å². The van der Waals surface area contributed by atoms with Crippen LogP contribution in [0.15, 0.2) is 18.2 Å². The van der Waals surface area contributed by atoms with E-state index in [0.717, 1.165) is 0 Å². The van der Waals surface area contributed by atoms with E-state index in [4.69, 9.17) is 11.5 Å². The van der Waals surface area contributed by atoms with E-state index in [2.05, 4.69) is 5.32 Å². The van der Waals surface area contributed by atoms with Gasteiger partial charge in [0, 0.05) is 11.3 Å². The Morgan fingerprint density at radius 3 is 2.39 bits per heavy atom. The van der Waals surface area contributed by atoms with Crippen LogP contribution in [0.2, 0.25) is 0 Å². The average Bonchev–Trinajstić information content (AvgIpc) is 2.30. The lowest BCUT2D eigenvalue weighted by Crippen LogP contribution is -2.40. The van der Waals surface area contributed by atoms with Gasteiger partial charge in [-0.3, -0.25) is 9.59 Å². The first-order valence-corrected chi connectivity index (χ1v) is 5.80.